The van der Waals surface area contributed by atoms with Gasteiger partial charge in [0, 0.05) is 66.6 Å². The van der Waals surface area contributed by atoms with Gasteiger partial charge in [-0.15, -0.1) is 0 Å². The normalized spacial score (nSPS) is 15.3. The van der Waals surface area contributed by atoms with Crippen molar-refractivity contribution in [3.05, 3.63) is 0 Å². The monoisotopic (exact) mass is 626 g/mol. The third kappa shape index (κ3) is 6.80. The van der Waals surface area contributed by atoms with Gasteiger partial charge in [0.1, 0.15) is 0 Å². The van der Waals surface area contributed by atoms with Gasteiger partial charge in [0.05, 0.1) is 0 Å². The minimum atomic E-state index is -7.68. The summed E-state index contributed by atoms with van der Waals surface area (Å²) in [5.74, 6) is -42.1. The van der Waals surface area contributed by atoms with Gasteiger partial charge in [0.15, 0.2) is 0 Å². The maximum atomic E-state index is 14.3. The van der Waals surface area contributed by atoms with Crippen LogP contribution in [0.3, 0.4) is 0 Å². The summed E-state index contributed by atoms with van der Waals surface area (Å²) in [5, 5.41) is 0. The van der Waals surface area contributed by atoms with Gasteiger partial charge >= 0.3 is 53.1 Å². The Morgan fingerprint density at radius 1 is 0.447 bits per heavy atom. The predicted molar refractivity (Wildman–Crippen MR) is 111 cm³/mol. The number of rotatable bonds is 19. The fourth-order valence-electron chi connectivity index (χ4n) is 3.18. The quantitative estimate of drug-likeness (QED) is 0.127. The average Bonchev–Trinajstić information content (AvgIpc) is 2.84. The van der Waals surface area contributed by atoms with E-state index in [1.807, 2.05) is 0 Å². The molecule has 0 N–H and O–H groups in total. The van der Waals surface area contributed by atoms with E-state index < -0.39 is 78.1 Å². The van der Waals surface area contributed by atoms with Gasteiger partial charge in [-0.05, 0) is 13.8 Å². The SMILES string of the molecule is CCO[Si](CCC(F)(F)C(F)(F)C(F)(F)C(F)(F)C(F)(F)C(F)(F)CC[Si](OC)(OC)OCC)(OC)OC. The van der Waals surface area contributed by atoms with Gasteiger partial charge in [-0.1, -0.05) is 0 Å². The van der Waals surface area contributed by atoms with Crippen LogP contribution in [0.5, 0.6) is 0 Å². The second-order valence-electron chi connectivity index (χ2n) is 7.76. The molecule has 6 nitrogen and oxygen atoms in total. The average molecular weight is 627 g/mol. The Bertz CT molecular complexity index is 677. The molecule has 0 aliphatic heterocycles. The smallest absolute Gasteiger partial charge is 0.377 e. The van der Waals surface area contributed by atoms with E-state index in [4.69, 9.17) is 26.6 Å². The highest BCUT2D eigenvalue weighted by atomic mass is 28.4. The molecule has 0 bridgehead atoms. The summed E-state index contributed by atoms with van der Waals surface area (Å²) in [4.78, 5) is 0. The first-order valence-corrected chi connectivity index (χ1v) is 14.6. The highest BCUT2D eigenvalue weighted by Gasteiger charge is 2.89. The van der Waals surface area contributed by atoms with Crippen LogP contribution >= 0.6 is 0 Å². The van der Waals surface area contributed by atoms with Crippen molar-refractivity contribution in [1.29, 1.82) is 0 Å². The van der Waals surface area contributed by atoms with Crippen molar-refractivity contribution in [3.63, 3.8) is 0 Å². The van der Waals surface area contributed by atoms with E-state index in [0.29, 0.717) is 0 Å². The Kier molecular flexibility index (Phi) is 12.7. The molecule has 0 atom stereocenters. The van der Waals surface area contributed by atoms with Crippen molar-refractivity contribution in [2.24, 2.45) is 0 Å². The molecule has 0 aromatic heterocycles. The second-order valence-corrected chi connectivity index (χ2v) is 13.7. The Morgan fingerprint density at radius 2 is 0.684 bits per heavy atom. The van der Waals surface area contributed by atoms with E-state index in [2.05, 4.69) is 0 Å². The van der Waals surface area contributed by atoms with E-state index in [0.717, 1.165) is 28.4 Å². The Balaban J connectivity index is 6.26. The van der Waals surface area contributed by atoms with Crippen LogP contribution in [0.1, 0.15) is 26.7 Å². The van der Waals surface area contributed by atoms with Crippen LogP contribution in [0.2, 0.25) is 12.1 Å². The van der Waals surface area contributed by atoms with Crippen molar-refractivity contribution >= 4 is 17.6 Å². The topological polar surface area (TPSA) is 55.4 Å². The summed E-state index contributed by atoms with van der Waals surface area (Å²) >= 11 is 0. The van der Waals surface area contributed by atoms with Gasteiger partial charge in [0.2, 0.25) is 0 Å². The number of hydrogen-bond donors (Lipinski definition) is 0. The van der Waals surface area contributed by atoms with E-state index in [9.17, 15) is 52.7 Å². The van der Waals surface area contributed by atoms with Crippen LogP contribution in [0.15, 0.2) is 0 Å². The van der Waals surface area contributed by atoms with E-state index in [1.54, 1.807) is 0 Å². The number of hydrogen-bond acceptors (Lipinski definition) is 6. The zero-order valence-electron chi connectivity index (χ0n) is 21.2. The zero-order valence-corrected chi connectivity index (χ0v) is 23.2. The maximum absolute atomic E-state index is 14.3. The molecule has 0 aromatic rings. The molecule has 0 heterocycles. The zero-order chi connectivity index (χ0) is 30.5. The fourth-order valence-corrected chi connectivity index (χ4v) is 7.21. The van der Waals surface area contributed by atoms with Gasteiger partial charge in [-0.3, -0.25) is 0 Å². The second kappa shape index (κ2) is 12.9. The molecule has 20 heteroatoms. The summed E-state index contributed by atoms with van der Waals surface area (Å²) in [5.41, 5.74) is 0. The first-order valence-electron chi connectivity index (χ1n) is 10.8. The molecule has 230 valence electrons. The standard InChI is InChI=1S/C18H30F12O6Si2/c1-7-35-37(31-3,32-4)11-9-13(19,20)15(23,24)17(27,28)18(29,30)16(25,26)14(21,22)10-12-38(33-5,34-6)36-8-2/h7-12H2,1-6H3. The minimum absolute atomic E-state index is 0.287. The molecule has 0 aromatic carbocycles. The van der Waals surface area contributed by atoms with Gasteiger partial charge in [-0.2, -0.15) is 52.7 Å². The molecular weight excluding hydrogens is 596 g/mol. The van der Waals surface area contributed by atoms with Crippen LogP contribution in [-0.4, -0.2) is 94.8 Å². The molecular formula is C18H30F12O6Si2. The number of halogens is 12. The van der Waals surface area contributed by atoms with E-state index >= 15 is 0 Å². The third-order valence-corrected chi connectivity index (χ3v) is 11.2. The highest BCUT2D eigenvalue weighted by Crippen LogP contribution is 2.61. The molecule has 0 saturated carbocycles. The van der Waals surface area contributed by atoms with Gasteiger partial charge < -0.3 is 26.6 Å². The van der Waals surface area contributed by atoms with Crippen molar-refractivity contribution in [2.45, 2.75) is 74.3 Å². The maximum Gasteiger partial charge on any atom is 0.500 e. The molecule has 0 spiro atoms. The lowest BCUT2D eigenvalue weighted by Gasteiger charge is -2.42. The summed E-state index contributed by atoms with van der Waals surface area (Å²) in [7, 11) is -5.04. The van der Waals surface area contributed by atoms with E-state index in [-0.39, 0.29) is 13.2 Å². The van der Waals surface area contributed by atoms with Crippen molar-refractivity contribution in [2.75, 3.05) is 41.7 Å². The van der Waals surface area contributed by atoms with Gasteiger partial charge in [-0.25, -0.2) is 0 Å². The van der Waals surface area contributed by atoms with Crippen molar-refractivity contribution in [3.8, 4) is 0 Å². The predicted octanol–water partition coefficient (Wildman–Crippen LogP) is 6.11. The lowest BCUT2D eigenvalue weighted by molar-refractivity contribution is -0.425. The van der Waals surface area contributed by atoms with Crippen LogP contribution in [0.4, 0.5) is 52.7 Å². The van der Waals surface area contributed by atoms with Crippen molar-refractivity contribution < 1.29 is 79.2 Å². The fraction of sp³-hybridized carbons (Fsp3) is 1.00. The lowest BCUT2D eigenvalue weighted by Crippen LogP contribution is -2.70. The van der Waals surface area contributed by atoms with Gasteiger partial charge in [0.25, 0.3) is 0 Å². The van der Waals surface area contributed by atoms with Crippen molar-refractivity contribution in [1.82, 2.24) is 0 Å². The largest absolute Gasteiger partial charge is 0.500 e. The first kappa shape index (κ1) is 37.4. The summed E-state index contributed by atoms with van der Waals surface area (Å²) in [6.45, 7) is 2.02. The Hall–Kier alpha value is -0.646. The summed E-state index contributed by atoms with van der Waals surface area (Å²) < 4.78 is 199. The molecule has 0 aliphatic carbocycles. The Labute approximate surface area is 213 Å². The van der Waals surface area contributed by atoms with Crippen LogP contribution in [0, 0.1) is 0 Å². The van der Waals surface area contributed by atoms with Crippen LogP contribution in [-0.2, 0) is 26.6 Å². The first-order chi connectivity index (χ1) is 17.0. The Morgan fingerprint density at radius 3 is 0.868 bits per heavy atom. The molecule has 0 radical (unpaired) electrons. The van der Waals surface area contributed by atoms with E-state index in [1.165, 1.54) is 13.8 Å². The molecule has 0 aliphatic rings. The highest BCUT2D eigenvalue weighted by molar-refractivity contribution is 6.61. The minimum Gasteiger partial charge on any atom is -0.377 e. The molecule has 38 heavy (non-hydrogen) atoms. The summed E-state index contributed by atoms with van der Waals surface area (Å²) in [6, 6.07) is -2.69. The molecule has 0 rings (SSSR count). The molecule has 0 unspecified atom stereocenters. The third-order valence-electron chi connectivity index (χ3n) is 5.56. The van der Waals surface area contributed by atoms with Crippen LogP contribution in [0.25, 0.3) is 0 Å². The molecule has 0 fully saturated rings. The summed E-state index contributed by atoms with van der Waals surface area (Å²) in [6.07, 6.45) is -4.74. The number of alkyl halides is 12. The van der Waals surface area contributed by atoms with Crippen LogP contribution < -0.4 is 0 Å². The molecule has 0 amide bonds. The lowest BCUT2D eigenvalue weighted by atomic mass is 9.90. The molecule has 0 saturated heterocycles.